The molecule has 110 valence electrons. The van der Waals surface area contributed by atoms with Crippen molar-refractivity contribution >= 4 is 65.2 Å². The Kier molecular flexibility index (Phi) is 6.47. The van der Waals surface area contributed by atoms with Gasteiger partial charge in [-0.1, -0.05) is 34.9 Å². The average Bonchev–Trinajstić information content (AvgIpc) is 2.33. The van der Waals surface area contributed by atoms with Crippen molar-refractivity contribution < 1.29 is 10.0 Å². The molecule has 5 nitrogen and oxygen atoms in total. The summed E-state index contributed by atoms with van der Waals surface area (Å²) in [6.45, 7) is 3.65. The van der Waals surface area contributed by atoms with E-state index >= 15 is 0 Å². The van der Waals surface area contributed by atoms with Gasteiger partial charge in [-0.15, -0.1) is 0 Å². The number of oxime groups is 1. The molecule has 1 rings (SSSR count). The summed E-state index contributed by atoms with van der Waals surface area (Å²) in [5, 5.41) is 14.5. The molecule has 4 N–H and O–H groups in total. The number of carbonyl (C=O) groups excluding carboxylic acids is 1. The molecule has 0 aliphatic heterocycles. The Morgan fingerprint density at radius 3 is 2.20 bits per heavy atom. The lowest BCUT2D eigenvalue weighted by Gasteiger charge is -2.20. The van der Waals surface area contributed by atoms with E-state index in [9.17, 15) is 4.79 Å². The van der Waals surface area contributed by atoms with Crippen LogP contribution in [0.5, 0.6) is 0 Å². The molecule has 1 atom stereocenters. The lowest BCUT2D eigenvalue weighted by molar-refractivity contribution is -0.119. The fourth-order valence-electron chi connectivity index (χ4n) is 1.70. The van der Waals surface area contributed by atoms with Crippen LogP contribution in [0.25, 0.3) is 0 Å². The van der Waals surface area contributed by atoms with Gasteiger partial charge in [-0.25, -0.2) is 0 Å². The molecule has 0 saturated carbocycles. The number of nitrogens with zero attached hydrogens (tertiary/aromatic N) is 1. The zero-order valence-corrected chi connectivity index (χ0v) is 15.6. The number of hydrogen-bond acceptors (Lipinski definition) is 3. The number of anilines is 1. The van der Waals surface area contributed by atoms with Crippen molar-refractivity contribution in [3.8, 4) is 0 Å². The number of amides is 1. The Bertz CT molecular complexity index is 524. The molecule has 0 radical (unpaired) electrons. The van der Waals surface area contributed by atoms with Gasteiger partial charge in [0, 0.05) is 13.4 Å². The van der Waals surface area contributed by atoms with E-state index in [1.54, 1.807) is 0 Å². The van der Waals surface area contributed by atoms with Crippen molar-refractivity contribution in [1.29, 1.82) is 0 Å². The van der Waals surface area contributed by atoms with Crippen LogP contribution in [-0.4, -0.2) is 17.0 Å². The zero-order valence-electron chi connectivity index (χ0n) is 10.8. The monoisotopic (exact) mass is 469 g/mol. The van der Waals surface area contributed by atoms with Crippen molar-refractivity contribution in [2.75, 3.05) is 5.32 Å². The van der Waals surface area contributed by atoms with Gasteiger partial charge in [-0.2, -0.15) is 0 Å². The number of rotatable bonds is 4. The smallest absolute Gasteiger partial charge is 0.235 e. The van der Waals surface area contributed by atoms with Crippen LogP contribution in [0, 0.1) is 11.8 Å². The number of nitrogens with one attached hydrogen (secondary N) is 1. The third kappa shape index (κ3) is 4.20. The van der Waals surface area contributed by atoms with Crippen LogP contribution in [0.15, 0.2) is 30.7 Å². The molecule has 1 aromatic carbocycles. The van der Waals surface area contributed by atoms with E-state index < -0.39 is 5.92 Å². The van der Waals surface area contributed by atoms with E-state index in [0.717, 1.165) is 4.47 Å². The van der Waals surface area contributed by atoms with Gasteiger partial charge in [0.05, 0.1) is 5.69 Å². The van der Waals surface area contributed by atoms with Gasteiger partial charge < -0.3 is 16.3 Å². The van der Waals surface area contributed by atoms with E-state index in [2.05, 4.69) is 58.3 Å². The first-order chi connectivity index (χ1) is 9.27. The van der Waals surface area contributed by atoms with Crippen LogP contribution in [0.3, 0.4) is 0 Å². The zero-order chi connectivity index (χ0) is 15.4. The van der Waals surface area contributed by atoms with E-state index in [1.807, 2.05) is 26.0 Å². The van der Waals surface area contributed by atoms with Crippen LogP contribution >= 0.6 is 47.8 Å². The van der Waals surface area contributed by atoms with Gasteiger partial charge in [0.15, 0.2) is 5.84 Å². The maximum Gasteiger partial charge on any atom is 0.235 e. The fraction of sp³-hybridized carbons (Fsp3) is 0.333. The third-order valence-corrected chi connectivity index (χ3v) is 4.35. The number of halogens is 3. The Morgan fingerprint density at radius 1 is 1.30 bits per heavy atom. The molecule has 0 spiro atoms. The second-order valence-corrected chi connectivity index (χ2v) is 7.10. The number of nitrogens with two attached hydrogens (primary N) is 1. The third-order valence-electron chi connectivity index (χ3n) is 2.64. The summed E-state index contributed by atoms with van der Waals surface area (Å²) >= 11 is 10.1. The molecule has 1 unspecified atom stereocenters. The highest BCUT2D eigenvalue weighted by Crippen LogP contribution is 2.34. The van der Waals surface area contributed by atoms with Crippen LogP contribution in [-0.2, 0) is 4.79 Å². The highest BCUT2D eigenvalue weighted by Gasteiger charge is 2.27. The highest BCUT2D eigenvalue weighted by molar-refractivity contribution is 9.11. The maximum absolute atomic E-state index is 12.3. The molecule has 0 aliphatic rings. The normalized spacial score (nSPS) is 13.4. The van der Waals surface area contributed by atoms with Gasteiger partial charge in [-0.3, -0.25) is 4.79 Å². The number of carbonyl (C=O) groups is 1. The topological polar surface area (TPSA) is 87.7 Å². The van der Waals surface area contributed by atoms with Crippen LogP contribution in [0.4, 0.5) is 5.69 Å². The van der Waals surface area contributed by atoms with Crippen molar-refractivity contribution in [3.63, 3.8) is 0 Å². The second-order valence-electron chi connectivity index (χ2n) is 4.48. The molecule has 0 aliphatic carbocycles. The Morgan fingerprint density at radius 2 is 1.80 bits per heavy atom. The number of benzene rings is 1. The number of hydrogen-bond donors (Lipinski definition) is 3. The molecule has 20 heavy (non-hydrogen) atoms. The second kappa shape index (κ2) is 7.42. The molecule has 0 aromatic heterocycles. The maximum atomic E-state index is 12.3. The van der Waals surface area contributed by atoms with Crippen molar-refractivity contribution in [2.24, 2.45) is 22.7 Å². The molecular formula is C12H14Br3N3O2. The summed E-state index contributed by atoms with van der Waals surface area (Å²) < 4.78 is 2.30. The van der Waals surface area contributed by atoms with Crippen molar-refractivity contribution in [2.45, 2.75) is 13.8 Å². The lowest BCUT2D eigenvalue weighted by Crippen LogP contribution is -2.38. The minimum atomic E-state index is -0.706. The predicted molar refractivity (Wildman–Crippen MR) is 89.9 cm³/mol. The number of amidine groups is 1. The molecular weight excluding hydrogens is 458 g/mol. The Balaban J connectivity index is 3.06. The van der Waals surface area contributed by atoms with Crippen LogP contribution in [0.2, 0.25) is 0 Å². The predicted octanol–water partition coefficient (Wildman–Crippen LogP) is 3.93. The quantitative estimate of drug-likeness (QED) is 0.269. The first-order valence-electron chi connectivity index (χ1n) is 5.70. The molecule has 0 bridgehead atoms. The molecule has 8 heteroatoms. The summed E-state index contributed by atoms with van der Waals surface area (Å²) in [5.41, 5.74) is 6.17. The van der Waals surface area contributed by atoms with Gasteiger partial charge in [-0.05, 0) is 49.9 Å². The van der Waals surface area contributed by atoms with E-state index in [1.165, 1.54) is 0 Å². The molecule has 1 amide bonds. The summed E-state index contributed by atoms with van der Waals surface area (Å²) in [7, 11) is 0. The molecule has 1 aromatic rings. The Labute approximate surface area is 142 Å². The Hall–Kier alpha value is -0.600. The summed E-state index contributed by atoms with van der Waals surface area (Å²) in [6, 6.07) is 3.63. The van der Waals surface area contributed by atoms with Crippen molar-refractivity contribution in [1.82, 2.24) is 0 Å². The molecule has 0 fully saturated rings. The summed E-state index contributed by atoms with van der Waals surface area (Å²) in [4.78, 5) is 12.3. The van der Waals surface area contributed by atoms with Gasteiger partial charge >= 0.3 is 0 Å². The largest absolute Gasteiger partial charge is 0.409 e. The minimum absolute atomic E-state index is 0.0982. The van der Waals surface area contributed by atoms with Crippen molar-refractivity contribution in [3.05, 3.63) is 25.6 Å². The minimum Gasteiger partial charge on any atom is -0.409 e. The first kappa shape index (κ1) is 17.5. The average molecular weight is 472 g/mol. The van der Waals surface area contributed by atoms with Crippen LogP contribution < -0.4 is 11.1 Å². The van der Waals surface area contributed by atoms with Gasteiger partial charge in [0.2, 0.25) is 5.91 Å². The van der Waals surface area contributed by atoms with Gasteiger partial charge in [0.25, 0.3) is 0 Å². The first-order valence-corrected chi connectivity index (χ1v) is 8.08. The highest BCUT2D eigenvalue weighted by atomic mass is 79.9. The lowest BCUT2D eigenvalue weighted by atomic mass is 9.94. The van der Waals surface area contributed by atoms with E-state index in [-0.39, 0.29) is 17.7 Å². The molecule has 0 saturated heterocycles. The SMILES string of the molecule is CC(C)C(C(=O)Nc1c(Br)cc(Br)cc1Br)C(N)=NO. The van der Waals surface area contributed by atoms with Gasteiger partial charge in [0.1, 0.15) is 5.92 Å². The summed E-state index contributed by atoms with van der Waals surface area (Å²) in [5.74, 6) is -1.25. The summed E-state index contributed by atoms with van der Waals surface area (Å²) in [6.07, 6.45) is 0. The van der Waals surface area contributed by atoms with E-state index in [0.29, 0.717) is 14.6 Å². The van der Waals surface area contributed by atoms with Crippen LogP contribution in [0.1, 0.15) is 13.8 Å². The fourth-order valence-corrected chi connectivity index (χ4v) is 4.16. The van der Waals surface area contributed by atoms with E-state index in [4.69, 9.17) is 10.9 Å². The standard InChI is InChI=1S/C12H14Br3N3O2/c1-5(2)9(11(16)18-20)12(19)17-10-7(14)3-6(13)4-8(10)15/h3-5,9,20H,1-2H3,(H2,16,18)(H,17,19). The molecule has 0 heterocycles.